The fourth-order valence-corrected chi connectivity index (χ4v) is 4.46. The van der Waals surface area contributed by atoms with Crippen molar-refractivity contribution in [3.05, 3.63) is 0 Å². The van der Waals surface area contributed by atoms with Crippen LogP contribution in [0.3, 0.4) is 0 Å². The number of hydrogen-bond donors (Lipinski definition) is 1. The number of thioether (sulfide) groups is 1. The summed E-state index contributed by atoms with van der Waals surface area (Å²) in [7, 11) is 0. The minimum atomic E-state index is 0.254. The Balaban J connectivity index is 1.72. The molecule has 0 radical (unpaired) electrons. The van der Waals surface area contributed by atoms with E-state index in [0.29, 0.717) is 23.8 Å². The highest BCUT2D eigenvalue weighted by Gasteiger charge is 2.28. The van der Waals surface area contributed by atoms with Crippen molar-refractivity contribution >= 4 is 29.3 Å². The van der Waals surface area contributed by atoms with Gasteiger partial charge in [0.05, 0.1) is 0 Å². The van der Waals surface area contributed by atoms with E-state index in [2.05, 4.69) is 5.32 Å². The lowest BCUT2D eigenvalue weighted by atomic mass is 9.98. The summed E-state index contributed by atoms with van der Waals surface area (Å²) in [5, 5.41) is 3.20. The van der Waals surface area contributed by atoms with Crippen molar-refractivity contribution in [1.82, 2.24) is 5.32 Å². The molecule has 1 heterocycles. The Bertz CT molecular complexity index is 256. The van der Waals surface area contributed by atoms with Crippen LogP contribution in [0.15, 0.2) is 0 Å². The number of hydrogen-bond acceptors (Lipinski definition) is 2. The number of amides is 1. The molecule has 0 aromatic carbocycles. The Hall–Kier alpha value is 0.110. The summed E-state index contributed by atoms with van der Waals surface area (Å²) < 4.78 is 0. The molecule has 2 rings (SSSR count). The van der Waals surface area contributed by atoms with Crippen LogP contribution < -0.4 is 5.32 Å². The fraction of sp³-hybridized carbons (Fsp3) is 0.923. The summed E-state index contributed by atoms with van der Waals surface area (Å²) >= 11 is 7.94. The maximum atomic E-state index is 12.0. The molecule has 1 saturated heterocycles. The van der Waals surface area contributed by atoms with Gasteiger partial charge < -0.3 is 5.32 Å². The van der Waals surface area contributed by atoms with Crippen molar-refractivity contribution in [2.45, 2.75) is 44.6 Å². The number of alkyl halides is 1. The molecule has 2 nitrogen and oxygen atoms in total. The topological polar surface area (TPSA) is 29.1 Å². The lowest BCUT2D eigenvalue weighted by Gasteiger charge is -2.23. The molecule has 0 aromatic heterocycles. The van der Waals surface area contributed by atoms with Gasteiger partial charge in [-0.1, -0.05) is 6.42 Å². The van der Waals surface area contributed by atoms with Crippen LogP contribution >= 0.6 is 23.4 Å². The molecule has 0 bridgehead atoms. The first-order valence-corrected chi connectivity index (χ1v) is 8.41. The monoisotopic (exact) mass is 275 g/mol. The molecule has 17 heavy (non-hydrogen) atoms. The molecule has 1 N–H and O–H groups in total. The second-order valence-electron chi connectivity index (χ2n) is 5.28. The predicted molar refractivity (Wildman–Crippen MR) is 74.7 cm³/mol. The first kappa shape index (κ1) is 13.5. The second kappa shape index (κ2) is 6.89. The van der Waals surface area contributed by atoms with E-state index in [4.69, 9.17) is 11.6 Å². The van der Waals surface area contributed by atoms with Gasteiger partial charge in [-0.2, -0.15) is 11.8 Å². The SMILES string of the molecule is O=C(CC1CCSCC1)NC1CCCC1CCl. The van der Waals surface area contributed by atoms with Crippen molar-refractivity contribution in [1.29, 1.82) is 0 Å². The zero-order valence-electron chi connectivity index (χ0n) is 10.3. The molecule has 98 valence electrons. The summed E-state index contributed by atoms with van der Waals surface area (Å²) in [6.45, 7) is 0. The summed E-state index contributed by atoms with van der Waals surface area (Å²) in [4.78, 5) is 12.0. The van der Waals surface area contributed by atoms with Crippen molar-refractivity contribution in [3.8, 4) is 0 Å². The van der Waals surface area contributed by atoms with Crippen LogP contribution in [0.4, 0.5) is 0 Å². The van der Waals surface area contributed by atoms with Crippen LogP contribution in [0.25, 0.3) is 0 Å². The normalized spacial score (nSPS) is 30.4. The third kappa shape index (κ3) is 4.06. The van der Waals surface area contributed by atoms with Crippen molar-refractivity contribution in [2.75, 3.05) is 17.4 Å². The average Bonchev–Trinajstić information content (AvgIpc) is 2.77. The molecular weight excluding hydrogens is 254 g/mol. The van der Waals surface area contributed by atoms with Crippen LogP contribution in [0.2, 0.25) is 0 Å². The number of nitrogens with one attached hydrogen (secondary N) is 1. The zero-order chi connectivity index (χ0) is 12.1. The maximum Gasteiger partial charge on any atom is 0.220 e. The molecule has 1 saturated carbocycles. The van der Waals surface area contributed by atoms with E-state index in [1.807, 2.05) is 11.8 Å². The average molecular weight is 276 g/mol. The molecule has 2 atom stereocenters. The van der Waals surface area contributed by atoms with E-state index in [-0.39, 0.29) is 5.91 Å². The van der Waals surface area contributed by atoms with E-state index in [0.717, 1.165) is 12.8 Å². The second-order valence-corrected chi connectivity index (χ2v) is 6.81. The molecule has 1 aliphatic carbocycles. The maximum absolute atomic E-state index is 12.0. The summed E-state index contributed by atoms with van der Waals surface area (Å²) in [6, 6.07) is 0.345. The number of carbonyl (C=O) groups is 1. The predicted octanol–water partition coefficient (Wildman–Crippen LogP) is 3.04. The molecule has 2 aliphatic rings. The van der Waals surface area contributed by atoms with Gasteiger partial charge in [0.15, 0.2) is 0 Å². The Morgan fingerprint density at radius 2 is 2.00 bits per heavy atom. The van der Waals surface area contributed by atoms with Crippen molar-refractivity contribution < 1.29 is 4.79 Å². The molecule has 4 heteroatoms. The highest BCUT2D eigenvalue weighted by Crippen LogP contribution is 2.28. The van der Waals surface area contributed by atoms with Gasteiger partial charge in [-0.3, -0.25) is 4.79 Å². The Morgan fingerprint density at radius 3 is 2.71 bits per heavy atom. The molecule has 0 spiro atoms. The van der Waals surface area contributed by atoms with Gasteiger partial charge >= 0.3 is 0 Å². The summed E-state index contributed by atoms with van der Waals surface area (Å²) in [5.74, 6) is 4.51. The van der Waals surface area contributed by atoms with Crippen LogP contribution in [-0.4, -0.2) is 29.3 Å². The standard InChI is InChI=1S/C13H22ClNOS/c14-9-11-2-1-3-12(11)15-13(16)8-10-4-6-17-7-5-10/h10-12H,1-9H2,(H,15,16). The number of rotatable bonds is 4. The highest BCUT2D eigenvalue weighted by atomic mass is 35.5. The van der Waals surface area contributed by atoms with Crippen LogP contribution in [0.1, 0.15) is 38.5 Å². The minimum absolute atomic E-state index is 0.254. The molecule has 1 amide bonds. The van der Waals surface area contributed by atoms with Crippen LogP contribution in [0, 0.1) is 11.8 Å². The number of halogens is 1. The Kier molecular flexibility index (Phi) is 5.49. The summed E-state index contributed by atoms with van der Waals surface area (Å²) in [5.41, 5.74) is 0. The van der Waals surface area contributed by atoms with Gasteiger partial charge in [-0.05, 0) is 49.0 Å². The van der Waals surface area contributed by atoms with Crippen LogP contribution in [0.5, 0.6) is 0 Å². The smallest absolute Gasteiger partial charge is 0.220 e. The largest absolute Gasteiger partial charge is 0.353 e. The highest BCUT2D eigenvalue weighted by molar-refractivity contribution is 7.99. The van der Waals surface area contributed by atoms with Gasteiger partial charge in [0.1, 0.15) is 0 Å². The van der Waals surface area contributed by atoms with E-state index in [1.54, 1.807) is 0 Å². The number of carbonyl (C=O) groups excluding carboxylic acids is 1. The molecule has 2 fully saturated rings. The molecular formula is C13H22ClNOS. The Labute approximate surface area is 113 Å². The van der Waals surface area contributed by atoms with Gasteiger partial charge in [0.2, 0.25) is 5.91 Å². The summed E-state index contributed by atoms with van der Waals surface area (Å²) in [6.07, 6.45) is 6.65. The van der Waals surface area contributed by atoms with E-state index >= 15 is 0 Å². The zero-order valence-corrected chi connectivity index (χ0v) is 11.9. The quantitative estimate of drug-likeness (QED) is 0.799. The van der Waals surface area contributed by atoms with Gasteiger partial charge in [-0.15, -0.1) is 11.6 Å². The third-order valence-corrected chi connectivity index (χ3v) is 5.46. The fourth-order valence-electron chi connectivity index (χ4n) is 2.89. The lowest BCUT2D eigenvalue weighted by molar-refractivity contribution is -0.123. The van der Waals surface area contributed by atoms with E-state index in [9.17, 15) is 4.79 Å². The van der Waals surface area contributed by atoms with Crippen LogP contribution in [-0.2, 0) is 4.79 Å². The Morgan fingerprint density at radius 1 is 1.24 bits per heavy atom. The molecule has 2 unspecified atom stereocenters. The minimum Gasteiger partial charge on any atom is -0.353 e. The molecule has 1 aliphatic heterocycles. The van der Waals surface area contributed by atoms with Gasteiger partial charge in [0, 0.05) is 18.3 Å². The van der Waals surface area contributed by atoms with E-state index in [1.165, 1.54) is 37.2 Å². The molecule has 0 aromatic rings. The third-order valence-electron chi connectivity index (χ3n) is 4.02. The van der Waals surface area contributed by atoms with Crippen molar-refractivity contribution in [2.24, 2.45) is 11.8 Å². The van der Waals surface area contributed by atoms with Gasteiger partial charge in [0.25, 0.3) is 0 Å². The van der Waals surface area contributed by atoms with E-state index < -0.39 is 0 Å². The lowest BCUT2D eigenvalue weighted by Crippen LogP contribution is -2.39. The van der Waals surface area contributed by atoms with Gasteiger partial charge in [-0.25, -0.2) is 0 Å². The first-order valence-electron chi connectivity index (χ1n) is 6.72. The van der Waals surface area contributed by atoms with Crippen molar-refractivity contribution in [3.63, 3.8) is 0 Å². The first-order chi connectivity index (χ1) is 8.29.